The minimum absolute atomic E-state index is 0.00470. The van der Waals surface area contributed by atoms with Gasteiger partial charge in [0.15, 0.2) is 0 Å². The van der Waals surface area contributed by atoms with Gasteiger partial charge in [0.2, 0.25) is 5.91 Å². The van der Waals surface area contributed by atoms with Crippen LogP contribution in [-0.2, 0) is 9.63 Å². The highest BCUT2D eigenvalue weighted by molar-refractivity contribution is 5.92. The van der Waals surface area contributed by atoms with Crippen molar-refractivity contribution in [1.29, 1.82) is 0 Å². The number of amides is 1. The number of likely N-dealkylation sites (N-methyl/N-ethyl adjacent to an activating group) is 1. The molecule has 0 spiro atoms. The summed E-state index contributed by atoms with van der Waals surface area (Å²) in [4.78, 5) is 16.2. The Hall–Kier alpha value is -1.66. The number of carbonyl (C=O) groups excluding carboxylic acids is 1. The minimum atomic E-state index is -0.525. The van der Waals surface area contributed by atoms with Gasteiger partial charge in [-0.1, -0.05) is 0 Å². The smallest absolute Gasteiger partial charge is 0.241 e. The third kappa shape index (κ3) is 3.48. The number of benzene rings is 1. The summed E-state index contributed by atoms with van der Waals surface area (Å²) in [5, 5.41) is 3.72. The summed E-state index contributed by atoms with van der Waals surface area (Å²) in [5.74, 6) is -0.906. The first-order valence-electron chi connectivity index (χ1n) is 4.63. The molecule has 0 bridgehead atoms. The Morgan fingerprint density at radius 3 is 2.94 bits per heavy atom. The molecule has 5 nitrogen and oxygen atoms in total. The van der Waals surface area contributed by atoms with Crippen LogP contribution in [0.15, 0.2) is 18.2 Å². The number of nitrogens with two attached hydrogens (primary N) is 1. The molecule has 0 unspecified atom stereocenters. The number of hydroxylamine groups is 2. The highest BCUT2D eigenvalue weighted by Gasteiger charge is 2.09. The van der Waals surface area contributed by atoms with E-state index in [9.17, 15) is 9.18 Å². The molecule has 6 heteroatoms. The minimum Gasteiger partial charge on any atom is -0.399 e. The predicted octanol–water partition coefficient (Wildman–Crippen LogP) is 0.840. The monoisotopic (exact) mass is 227 g/mol. The Morgan fingerprint density at radius 2 is 2.31 bits per heavy atom. The molecule has 16 heavy (non-hydrogen) atoms. The number of anilines is 2. The largest absolute Gasteiger partial charge is 0.399 e. The lowest BCUT2D eigenvalue weighted by Gasteiger charge is -2.13. The SMILES string of the molecule is CON(C)CC(=O)Nc1cc(N)ccc1F. The van der Waals surface area contributed by atoms with Crippen molar-refractivity contribution < 1.29 is 14.0 Å². The Bertz CT molecular complexity index is 384. The molecule has 1 aromatic rings. The molecule has 0 aliphatic heterocycles. The summed E-state index contributed by atoms with van der Waals surface area (Å²) in [6.45, 7) is 0.00470. The van der Waals surface area contributed by atoms with Crippen LogP contribution < -0.4 is 11.1 Å². The van der Waals surface area contributed by atoms with E-state index in [2.05, 4.69) is 5.32 Å². The topological polar surface area (TPSA) is 67.6 Å². The van der Waals surface area contributed by atoms with Gasteiger partial charge in [-0.15, -0.1) is 0 Å². The van der Waals surface area contributed by atoms with E-state index in [0.717, 1.165) is 0 Å². The lowest BCUT2D eigenvalue weighted by atomic mass is 10.2. The fourth-order valence-corrected chi connectivity index (χ4v) is 1.10. The second-order valence-corrected chi connectivity index (χ2v) is 3.26. The Kier molecular flexibility index (Phi) is 4.21. The fraction of sp³-hybridized carbons (Fsp3) is 0.300. The van der Waals surface area contributed by atoms with Crippen molar-refractivity contribution in [3.05, 3.63) is 24.0 Å². The molecular formula is C10H14FN3O2. The number of hydrogen-bond donors (Lipinski definition) is 2. The second-order valence-electron chi connectivity index (χ2n) is 3.26. The molecule has 0 aromatic heterocycles. The quantitative estimate of drug-likeness (QED) is 0.591. The molecule has 0 aliphatic rings. The van der Waals surface area contributed by atoms with Crippen LogP contribution in [0.1, 0.15) is 0 Å². The predicted molar refractivity (Wildman–Crippen MR) is 59.1 cm³/mol. The van der Waals surface area contributed by atoms with Crippen LogP contribution in [0.25, 0.3) is 0 Å². The summed E-state index contributed by atoms with van der Waals surface area (Å²) >= 11 is 0. The average Bonchev–Trinajstić information content (AvgIpc) is 2.23. The van der Waals surface area contributed by atoms with Gasteiger partial charge >= 0.3 is 0 Å². The van der Waals surface area contributed by atoms with E-state index < -0.39 is 5.82 Å². The number of halogens is 1. The van der Waals surface area contributed by atoms with Crippen LogP contribution in [0.4, 0.5) is 15.8 Å². The normalized spacial score (nSPS) is 10.5. The zero-order valence-corrected chi connectivity index (χ0v) is 9.16. The van der Waals surface area contributed by atoms with Gasteiger partial charge in [-0.25, -0.2) is 4.39 Å². The van der Waals surface area contributed by atoms with Crippen molar-refractivity contribution in [2.24, 2.45) is 0 Å². The fourth-order valence-electron chi connectivity index (χ4n) is 1.10. The van der Waals surface area contributed by atoms with Crippen LogP contribution in [0.2, 0.25) is 0 Å². The molecular weight excluding hydrogens is 213 g/mol. The standard InChI is InChI=1S/C10H14FN3O2/c1-14(16-2)6-10(15)13-9-5-7(12)3-4-8(9)11/h3-5H,6,12H2,1-2H3,(H,13,15). The highest BCUT2D eigenvalue weighted by atomic mass is 19.1. The van der Waals surface area contributed by atoms with Gasteiger partial charge in [0.25, 0.3) is 0 Å². The first kappa shape index (κ1) is 12.4. The summed E-state index contributed by atoms with van der Waals surface area (Å²) in [7, 11) is 3.03. The molecule has 0 heterocycles. The van der Waals surface area contributed by atoms with Crippen LogP contribution >= 0.6 is 0 Å². The number of nitrogens with zero attached hydrogens (tertiary/aromatic N) is 1. The molecule has 0 aliphatic carbocycles. The maximum Gasteiger partial charge on any atom is 0.241 e. The third-order valence-electron chi connectivity index (χ3n) is 1.94. The number of carbonyl (C=O) groups is 1. The molecule has 1 amide bonds. The zero-order chi connectivity index (χ0) is 12.1. The van der Waals surface area contributed by atoms with Gasteiger partial charge in [0.05, 0.1) is 12.8 Å². The number of rotatable bonds is 4. The van der Waals surface area contributed by atoms with Crippen molar-refractivity contribution in [1.82, 2.24) is 5.06 Å². The molecule has 0 fully saturated rings. The van der Waals surface area contributed by atoms with Gasteiger partial charge < -0.3 is 15.9 Å². The molecule has 0 saturated carbocycles. The van der Waals surface area contributed by atoms with E-state index >= 15 is 0 Å². The lowest BCUT2D eigenvalue weighted by molar-refractivity contribution is -0.137. The van der Waals surface area contributed by atoms with Gasteiger partial charge in [-0.2, -0.15) is 5.06 Å². The molecule has 0 saturated heterocycles. The van der Waals surface area contributed by atoms with Crippen molar-refractivity contribution >= 4 is 17.3 Å². The van der Waals surface area contributed by atoms with Crippen molar-refractivity contribution in [2.75, 3.05) is 31.8 Å². The lowest BCUT2D eigenvalue weighted by Crippen LogP contribution is -2.29. The molecule has 88 valence electrons. The summed E-state index contributed by atoms with van der Waals surface area (Å²) < 4.78 is 13.2. The highest BCUT2D eigenvalue weighted by Crippen LogP contribution is 2.17. The Morgan fingerprint density at radius 1 is 1.62 bits per heavy atom. The Balaban J connectivity index is 2.65. The Labute approximate surface area is 92.9 Å². The maximum absolute atomic E-state index is 13.2. The number of hydrogen-bond acceptors (Lipinski definition) is 4. The van der Waals surface area contributed by atoms with Crippen molar-refractivity contribution in [2.45, 2.75) is 0 Å². The zero-order valence-electron chi connectivity index (χ0n) is 9.16. The van der Waals surface area contributed by atoms with E-state index in [1.54, 1.807) is 7.05 Å². The summed E-state index contributed by atoms with van der Waals surface area (Å²) in [5.41, 5.74) is 5.93. The number of nitrogens with one attached hydrogen (secondary N) is 1. The second kappa shape index (κ2) is 5.43. The van der Waals surface area contributed by atoms with E-state index in [1.807, 2.05) is 0 Å². The van der Waals surface area contributed by atoms with Crippen LogP contribution in [0.5, 0.6) is 0 Å². The van der Waals surface area contributed by atoms with E-state index in [4.69, 9.17) is 10.6 Å². The molecule has 3 N–H and O–H groups in total. The van der Waals surface area contributed by atoms with Crippen LogP contribution in [-0.4, -0.2) is 31.7 Å². The van der Waals surface area contributed by atoms with Gasteiger partial charge in [0, 0.05) is 12.7 Å². The van der Waals surface area contributed by atoms with Crippen molar-refractivity contribution in [3.8, 4) is 0 Å². The molecule has 0 radical (unpaired) electrons. The van der Waals surface area contributed by atoms with E-state index in [0.29, 0.717) is 5.69 Å². The number of nitrogen functional groups attached to an aromatic ring is 1. The van der Waals surface area contributed by atoms with E-state index in [1.165, 1.54) is 30.4 Å². The average molecular weight is 227 g/mol. The van der Waals surface area contributed by atoms with E-state index in [-0.39, 0.29) is 18.1 Å². The van der Waals surface area contributed by atoms with Gasteiger partial charge in [-0.3, -0.25) is 4.79 Å². The molecule has 1 rings (SSSR count). The summed E-state index contributed by atoms with van der Waals surface area (Å²) in [6, 6.07) is 3.98. The van der Waals surface area contributed by atoms with Crippen LogP contribution in [0.3, 0.4) is 0 Å². The van der Waals surface area contributed by atoms with Gasteiger partial charge in [-0.05, 0) is 18.2 Å². The first-order chi connectivity index (χ1) is 7.52. The summed E-state index contributed by atoms with van der Waals surface area (Å²) in [6.07, 6.45) is 0. The van der Waals surface area contributed by atoms with Gasteiger partial charge in [0.1, 0.15) is 12.4 Å². The third-order valence-corrected chi connectivity index (χ3v) is 1.94. The molecule has 1 aromatic carbocycles. The van der Waals surface area contributed by atoms with Crippen LogP contribution in [0, 0.1) is 5.82 Å². The maximum atomic E-state index is 13.2. The van der Waals surface area contributed by atoms with Crippen molar-refractivity contribution in [3.63, 3.8) is 0 Å². The first-order valence-corrected chi connectivity index (χ1v) is 4.63. The molecule has 0 atom stereocenters.